The molecule has 1 fully saturated rings. The van der Waals surface area contributed by atoms with E-state index in [4.69, 9.17) is 4.74 Å². The van der Waals surface area contributed by atoms with Gasteiger partial charge in [0, 0.05) is 44.0 Å². The zero-order valence-electron chi connectivity index (χ0n) is 15.6. The maximum Gasteiger partial charge on any atom is 0.253 e. The normalized spacial score (nSPS) is 16.6. The first kappa shape index (κ1) is 18.2. The molecule has 0 aliphatic carbocycles. The molecule has 6 heteroatoms. The van der Waals surface area contributed by atoms with Gasteiger partial charge in [-0.2, -0.15) is 0 Å². The van der Waals surface area contributed by atoms with Crippen LogP contribution in [0.25, 0.3) is 6.08 Å². The Kier molecular flexibility index (Phi) is 5.37. The van der Waals surface area contributed by atoms with E-state index in [0.717, 1.165) is 37.2 Å². The quantitative estimate of drug-likeness (QED) is 0.831. The van der Waals surface area contributed by atoms with Crippen molar-refractivity contribution in [2.24, 2.45) is 0 Å². The molecule has 144 valence electrons. The second-order valence-corrected chi connectivity index (χ2v) is 7.11. The van der Waals surface area contributed by atoms with Gasteiger partial charge in [0.1, 0.15) is 5.75 Å². The lowest BCUT2D eigenvalue weighted by molar-refractivity contribution is -0.126. The summed E-state index contributed by atoms with van der Waals surface area (Å²) in [4.78, 5) is 30.5. The monoisotopic (exact) mass is 377 g/mol. The van der Waals surface area contributed by atoms with E-state index in [1.165, 1.54) is 5.56 Å². The molecule has 1 saturated heterocycles. The molecule has 2 aliphatic rings. The van der Waals surface area contributed by atoms with Crippen molar-refractivity contribution in [1.82, 2.24) is 15.2 Å². The van der Waals surface area contributed by atoms with Crippen LogP contribution < -0.4 is 10.1 Å². The van der Waals surface area contributed by atoms with Crippen LogP contribution in [0.5, 0.6) is 5.75 Å². The second kappa shape index (κ2) is 8.25. The van der Waals surface area contributed by atoms with Crippen LogP contribution >= 0.6 is 0 Å². The molecular weight excluding hydrogens is 354 g/mol. The first-order valence-corrected chi connectivity index (χ1v) is 9.62. The van der Waals surface area contributed by atoms with Crippen LogP contribution in [0.1, 0.15) is 34.3 Å². The van der Waals surface area contributed by atoms with Gasteiger partial charge in [-0.1, -0.05) is 6.07 Å². The van der Waals surface area contributed by atoms with Crippen molar-refractivity contribution in [2.45, 2.75) is 25.3 Å². The number of pyridine rings is 1. The molecule has 0 saturated carbocycles. The van der Waals surface area contributed by atoms with E-state index in [-0.39, 0.29) is 17.9 Å². The zero-order valence-corrected chi connectivity index (χ0v) is 15.6. The van der Waals surface area contributed by atoms with Crippen molar-refractivity contribution in [1.29, 1.82) is 0 Å². The average molecular weight is 377 g/mol. The third-order valence-corrected chi connectivity index (χ3v) is 5.20. The van der Waals surface area contributed by atoms with E-state index in [1.807, 2.05) is 23.1 Å². The molecule has 28 heavy (non-hydrogen) atoms. The van der Waals surface area contributed by atoms with Crippen molar-refractivity contribution in [2.75, 3.05) is 19.7 Å². The molecule has 0 atom stereocenters. The summed E-state index contributed by atoms with van der Waals surface area (Å²) < 4.78 is 5.51. The fourth-order valence-corrected chi connectivity index (χ4v) is 3.59. The Morgan fingerprint density at radius 3 is 2.86 bits per heavy atom. The summed E-state index contributed by atoms with van der Waals surface area (Å²) in [6.07, 6.45) is 9.12. The van der Waals surface area contributed by atoms with Gasteiger partial charge >= 0.3 is 0 Å². The SMILES string of the molecule is O=C(NC1CCN(C(=O)/C=C/c2ccc3c(c2)CCO3)CC1)c1cccnc1. The van der Waals surface area contributed by atoms with Gasteiger partial charge in [-0.25, -0.2) is 0 Å². The average Bonchev–Trinajstić information content (AvgIpc) is 3.21. The Bertz CT molecular complexity index is 887. The van der Waals surface area contributed by atoms with Crippen molar-refractivity contribution in [3.05, 3.63) is 65.5 Å². The summed E-state index contributed by atoms with van der Waals surface area (Å²) in [5.41, 5.74) is 2.76. The summed E-state index contributed by atoms with van der Waals surface area (Å²) in [6, 6.07) is 9.58. The Hall–Kier alpha value is -3.15. The molecule has 2 aromatic rings. The molecule has 0 unspecified atom stereocenters. The van der Waals surface area contributed by atoms with E-state index in [0.29, 0.717) is 18.7 Å². The number of fused-ring (bicyclic) bond motifs is 1. The number of likely N-dealkylation sites (tertiary alicyclic amines) is 1. The molecule has 0 spiro atoms. The minimum atomic E-state index is -0.113. The Morgan fingerprint density at radius 1 is 1.21 bits per heavy atom. The third-order valence-electron chi connectivity index (χ3n) is 5.20. The molecule has 0 bridgehead atoms. The Balaban J connectivity index is 1.27. The van der Waals surface area contributed by atoms with E-state index in [2.05, 4.69) is 16.4 Å². The number of benzene rings is 1. The van der Waals surface area contributed by atoms with E-state index < -0.39 is 0 Å². The maximum atomic E-state index is 12.5. The number of piperidine rings is 1. The van der Waals surface area contributed by atoms with E-state index in [9.17, 15) is 9.59 Å². The largest absolute Gasteiger partial charge is 0.493 e. The summed E-state index contributed by atoms with van der Waals surface area (Å²) in [5.74, 6) is 0.839. The number of hydrogen-bond donors (Lipinski definition) is 1. The highest BCUT2D eigenvalue weighted by atomic mass is 16.5. The first-order valence-electron chi connectivity index (χ1n) is 9.62. The highest BCUT2D eigenvalue weighted by molar-refractivity contribution is 5.94. The topological polar surface area (TPSA) is 71.5 Å². The number of rotatable bonds is 4. The van der Waals surface area contributed by atoms with Gasteiger partial charge in [-0.3, -0.25) is 14.6 Å². The molecule has 4 rings (SSSR count). The number of nitrogens with one attached hydrogen (secondary N) is 1. The fraction of sp³-hybridized carbons (Fsp3) is 0.318. The molecule has 2 amide bonds. The van der Waals surface area contributed by atoms with Gasteiger partial charge in [0.05, 0.1) is 12.2 Å². The summed E-state index contributed by atoms with van der Waals surface area (Å²) >= 11 is 0. The van der Waals surface area contributed by atoms with Gasteiger partial charge in [0.2, 0.25) is 5.91 Å². The maximum absolute atomic E-state index is 12.5. The number of hydrogen-bond acceptors (Lipinski definition) is 4. The number of carbonyl (C=O) groups is 2. The fourth-order valence-electron chi connectivity index (χ4n) is 3.59. The van der Waals surface area contributed by atoms with Crippen LogP contribution in [0.15, 0.2) is 48.8 Å². The van der Waals surface area contributed by atoms with Gasteiger partial charge in [0.25, 0.3) is 5.91 Å². The smallest absolute Gasteiger partial charge is 0.253 e. The summed E-state index contributed by atoms with van der Waals surface area (Å²) in [7, 11) is 0. The van der Waals surface area contributed by atoms with E-state index in [1.54, 1.807) is 30.6 Å². The zero-order chi connectivity index (χ0) is 19.3. The molecule has 3 heterocycles. The van der Waals surface area contributed by atoms with E-state index >= 15 is 0 Å². The predicted octanol–water partition coefficient (Wildman–Crippen LogP) is 2.45. The number of carbonyl (C=O) groups excluding carboxylic acids is 2. The van der Waals surface area contributed by atoms with Crippen molar-refractivity contribution < 1.29 is 14.3 Å². The van der Waals surface area contributed by atoms with Crippen LogP contribution in [0.3, 0.4) is 0 Å². The lowest BCUT2D eigenvalue weighted by Gasteiger charge is -2.31. The van der Waals surface area contributed by atoms with Gasteiger partial charge in [-0.05, 0) is 54.3 Å². The summed E-state index contributed by atoms with van der Waals surface area (Å²) in [5, 5.41) is 3.03. The summed E-state index contributed by atoms with van der Waals surface area (Å²) in [6.45, 7) is 2.01. The number of aromatic nitrogens is 1. The molecular formula is C22H23N3O3. The number of nitrogens with zero attached hydrogens (tertiary/aromatic N) is 2. The third kappa shape index (κ3) is 4.22. The first-order chi connectivity index (χ1) is 13.7. The van der Waals surface area contributed by atoms with Crippen molar-refractivity contribution in [3.8, 4) is 5.75 Å². The number of amides is 2. The van der Waals surface area contributed by atoms with Crippen LogP contribution in [-0.4, -0.2) is 47.4 Å². The molecule has 1 aromatic carbocycles. The Labute approximate surface area is 164 Å². The highest BCUT2D eigenvalue weighted by Gasteiger charge is 2.23. The lowest BCUT2D eigenvalue weighted by atomic mass is 10.0. The number of ether oxygens (including phenoxy) is 1. The van der Waals surface area contributed by atoms with Crippen LogP contribution in [0.2, 0.25) is 0 Å². The standard InChI is InChI=1S/C22H23N3O3/c26-21(6-4-16-3-5-20-17(14-16)9-13-28-20)25-11-7-19(8-12-25)24-22(27)18-2-1-10-23-15-18/h1-6,10,14-15,19H,7-9,11-13H2,(H,24,27)/b6-4+. The molecule has 6 nitrogen and oxygen atoms in total. The van der Waals surface area contributed by atoms with Crippen molar-refractivity contribution >= 4 is 17.9 Å². The highest BCUT2D eigenvalue weighted by Crippen LogP contribution is 2.26. The van der Waals surface area contributed by atoms with Gasteiger partial charge in [-0.15, -0.1) is 0 Å². The Morgan fingerprint density at radius 2 is 2.07 bits per heavy atom. The van der Waals surface area contributed by atoms with Gasteiger partial charge in [0.15, 0.2) is 0 Å². The lowest BCUT2D eigenvalue weighted by Crippen LogP contribution is -2.46. The second-order valence-electron chi connectivity index (χ2n) is 7.11. The molecule has 1 N–H and O–H groups in total. The molecule has 1 aromatic heterocycles. The predicted molar refractivity (Wildman–Crippen MR) is 106 cm³/mol. The van der Waals surface area contributed by atoms with Crippen LogP contribution in [0.4, 0.5) is 0 Å². The van der Waals surface area contributed by atoms with Crippen LogP contribution in [-0.2, 0) is 11.2 Å². The van der Waals surface area contributed by atoms with Crippen molar-refractivity contribution in [3.63, 3.8) is 0 Å². The van der Waals surface area contributed by atoms with Gasteiger partial charge < -0.3 is 15.0 Å². The van der Waals surface area contributed by atoms with Crippen LogP contribution in [0, 0.1) is 0 Å². The molecule has 0 radical (unpaired) electrons. The minimum Gasteiger partial charge on any atom is -0.493 e. The molecule has 2 aliphatic heterocycles. The minimum absolute atomic E-state index is 0.00813.